The molecule has 4 rings (SSSR count). The monoisotopic (exact) mass is 575 g/mol. The molecule has 41 heavy (non-hydrogen) atoms. The first-order valence-corrected chi connectivity index (χ1v) is 14.3. The van der Waals surface area contributed by atoms with Crippen molar-refractivity contribution < 1.29 is 9.59 Å². The Morgan fingerprint density at radius 2 is 1.98 bits per heavy atom. The number of anilines is 2. The quantitative estimate of drug-likeness (QED) is 0.235. The van der Waals surface area contributed by atoms with Crippen LogP contribution in [0.3, 0.4) is 0 Å². The van der Waals surface area contributed by atoms with Crippen molar-refractivity contribution in [2.75, 3.05) is 31.1 Å². The molecule has 0 radical (unpaired) electrons. The van der Waals surface area contributed by atoms with E-state index in [0.29, 0.717) is 49.7 Å². The number of hydrogen-bond acceptors (Lipinski definition) is 10. The number of aromatic nitrogens is 2. The van der Waals surface area contributed by atoms with Gasteiger partial charge in [-0.05, 0) is 69.3 Å². The molecule has 2 aromatic rings. The van der Waals surface area contributed by atoms with Gasteiger partial charge in [-0.15, -0.1) is 0 Å². The first kappa shape index (κ1) is 29.8. The lowest BCUT2D eigenvalue weighted by Crippen LogP contribution is -2.57. The highest BCUT2D eigenvalue weighted by molar-refractivity contribution is 7.97. The molecule has 1 fully saturated rings. The largest absolute Gasteiger partial charge is 0.382 e. The summed E-state index contributed by atoms with van der Waals surface area (Å²) in [4.78, 5) is 41.5. The summed E-state index contributed by atoms with van der Waals surface area (Å²) in [5, 5.41) is 6.09. The van der Waals surface area contributed by atoms with Crippen LogP contribution in [0.5, 0.6) is 0 Å². The molecule has 1 unspecified atom stereocenters. The number of aliphatic imine (C=N–C) groups is 1. The van der Waals surface area contributed by atoms with Crippen LogP contribution in [0.15, 0.2) is 70.6 Å². The zero-order valence-electron chi connectivity index (χ0n) is 23.6. The van der Waals surface area contributed by atoms with Crippen molar-refractivity contribution in [2.24, 2.45) is 4.99 Å². The maximum atomic E-state index is 13.3. The second-order valence-corrected chi connectivity index (χ2v) is 11.0. The molecule has 3 heterocycles. The van der Waals surface area contributed by atoms with Crippen molar-refractivity contribution in [3.63, 3.8) is 0 Å². The van der Waals surface area contributed by atoms with Gasteiger partial charge in [0.05, 0.1) is 17.8 Å². The van der Waals surface area contributed by atoms with E-state index in [1.54, 1.807) is 13.0 Å². The number of nitrogens with two attached hydrogens (primary N) is 2. The number of allylic oxidation sites excluding steroid dienone is 3. The molecular formula is C29H37N9O2S. The molecule has 2 aliphatic heterocycles. The predicted molar refractivity (Wildman–Crippen MR) is 164 cm³/mol. The van der Waals surface area contributed by atoms with E-state index in [-0.39, 0.29) is 34.8 Å². The lowest BCUT2D eigenvalue weighted by molar-refractivity contribution is 0.0668. The van der Waals surface area contributed by atoms with E-state index in [1.807, 2.05) is 48.2 Å². The Bertz CT molecular complexity index is 1410. The lowest BCUT2D eigenvalue weighted by atomic mass is 9.88. The van der Waals surface area contributed by atoms with E-state index < -0.39 is 5.91 Å². The zero-order valence-corrected chi connectivity index (χ0v) is 24.4. The number of nitrogens with zero attached hydrogens (tertiary/aromatic N) is 4. The molecule has 0 aliphatic carbocycles. The van der Waals surface area contributed by atoms with Crippen LogP contribution in [0.2, 0.25) is 0 Å². The Morgan fingerprint density at radius 1 is 1.22 bits per heavy atom. The first-order valence-electron chi connectivity index (χ1n) is 13.5. The highest BCUT2D eigenvalue weighted by Gasteiger charge is 2.40. The van der Waals surface area contributed by atoms with Gasteiger partial charge in [-0.3, -0.25) is 24.6 Å². The number of aryl methyl sites for hydroxylation is 1. The molecule has 1 atom stereocenters. The molecule has 2 amide bonds. The summed E-state index contributed by atoms with van der Waals surface area (Å²) in [6, 6.07) is 7.76. The van der Waals surface area contributed by atoms with Crippen LogP contribution in [0.25, 0.3) is 0 Å². The first-order chi connectivity index (χ1) is 19.6. The Kier molecular flexibility index (Phi) is 9.46. The number of carbonyl (C=O) groups excluding carboxylic acids is 2. The molecule has 1 aromatic heterocycles. The Balaban J connectivity index is 1.30. The number of nitrogens with one attached hydrogen (secondary N) is 3. The van der Waals surface area contributed by atoms with Crippen molar-refractivity contribution in [3.05, 3.63) is 77.7 Å². The van der Waals surface area contributed by atoms with Gasteiger partial charge in [-0.1, -0.05) is 36.9 Å². The van der Waals surface area contributed by atoms with Gasteiger partial charge < -0.3 is 21.7 Å². The fourth-order valence-corrected chi connectivity index (χ4v) is 5.49. The van der Waals surface area contributed by atoms with Crippen molar-refractivity contribution in [1.29, 1.82) is 0 Å². The van der Waals surface area contributed by atoms with E-state index in [4.69, 9.17) is 11.5 Å². The molecule has 1 spiro atoms. The molecule has 2 aliphatic rings. The average Bonchev–Trinajstić information content (AvgIpc) is 3.35. The second kappa shape index (κ2) is 13.0. The Labute approximate surface area is 244 Å². The van der Waals surface area contributed by atoms with Crippen molar-refractivity contribution in [1.82, 2.24) is 30.2 Å². The fraction of sp³-hybridized carbons (Fsp3) is 0.345. The third-order valence-electron chi connectivity index (χ3n) is 7.12. The molecule has 7 N–H and O–H groups in total. The summed E-state index contributed by atoms with van der Waals surface area (Å²) in [6.45, 7) is 11.2. The summed E-state index contributed by atoms with van der Waals surface area (Å²) < 4.78 is 3.44. The summed E-state index contributed by atoms with van der Waals surface area (Å²) in [5.74, 6) is -0.0104. The van der Waals surface area contributed by atoms with Crippen molar-refractivity contribution in [3.8, 4) is 0 Å². The zero-order chi connectivity index (χ0) is 29.6. The van der Waals surface area contributed by atoms with Gasteiger partial charge in [0, 0.05) is 29.6 Å². The van der Waals surface area contributed by atoms with Crippen LogP contribution >= 0.6 is 11.9 Å². The Hall–Kier alpha value is -4.16. The van der Waals surface area contributed by atoms with E-state index >= 15 is 0 Å². The van der Waals surface area contributed by atoms with Gasteiger partial charge in [0.15, 0.2) is 17.5 Å². The summed E-state index contributed by atoms with van der Waals surface area (Å²) in [7, 11) is 0. The summed E-state index contributed by atoms with van der Waals surface area (Å²) in [5.41, 5.74) is 13.4. The van der Waals surface area contributed by atoms with E-state index in [1.165, 1.54) is 11.9 Å². The minimum atomic E-state index is -0.509. The smallest absolute Gasteiger partial charge is 0.280 e. The van der Waals surface area contributed by atoms with Gasteiger partial charge in [-0.25, -0.2) is 9.97 Å². The van der Waals surface area contributed by atoms with Crippen molar-refractivity contribution >= 4 is 41.4 Å². The van der Waals surface area contributed by atoms with Gasteiger partial charge in [0.1, 0.15) is 5.82 Å². The molecule has 216 valence electrons. The van der Waals surface area contributed by atoms with Gasteiger partial charge in [-0.2, -0.15) is 0 Å². The van der Waals surface area contributed by atoms with Crippen LogP contribution in [0.1, 0.15) is 53.2 Å². The van der Waals surface area contributed by atoms with Gasteiger partial charge in [0.25, 0.3) is 11.8 Å². The third kappa shape index (κ3) is 7.14. The molecule has 1 saturated heterocycles. The number of hydrogen-bond donors (Lipinski definition) is 5. The lowest BCUT2D eigenvalue weighted by Gasteiger charge is -2.39. The molecule has 0 saturated carbocycles. The number of rotatable bonds is 8. The van der Waals surface area contributed by atoms with Crippen LogP contribution in [-0.4, -0.2) is 63.9 Å². The number of benzene rings is 1. The number of guanidine groups is 1. The number of piperidine rings is 1. The van der Waals surface area contributed by atoms with E-state index in [9.17, 15) is 9.59 Å². The maximum absolute atomic E-state index is 13.3. The van der Waals surface area contributed by atoms with E-state index in [2.05, 4.69) is 49.9 Å². The summed E-state index contributed by atoms with van der Waals surface area (Å²) >= 11 is 1.50. The minimum absolute atomic E-state index is 0.000849. The van der Waals surface area contributed by atoms with Crippen LogP contribution < -0.4 is 26.8 Å². The number of likely N-dealkylation sites (tertiary alicyclic amines) is 1. The van der Waals surface area contributed by atoms with E-state index in [0.717, 1.165) is 10.5 Å². The molecular weight excluding hydrogens is 538 g/mol. The molecule has 11 nitrogen and oxygen atoms in total. The van der Waals surface area contributed by atoms with Crippen molar-refractivity contribution in [2.45, 2.75) is 50.1 Å². The SMILES string of the molecule is C=C/C=C(\C=C/C)C(C)NSc1cccc(C(=O)N2CCC3(CC2)CN=C(NC(=O)c2nc(C)c(N)nc2N)N3)c1. The maximum Gasteiger partial charge on any atom is 0.280 e. The topological polar surface area (TPSA) is 164 Å². The minimum Gasteiger partial charge on any atom is -0.382 e. The Morgan fingerprint density at radius 3 is 2.68 bits per heavy atom. The highest BCUT2D eigenvalue weighted by atomic mass is 32.2. The van der Waals surface area contributed by atoms with Crippen LogP contribution in [-0.2, 0) is 0 Å². The highest BCUT2D eigenvalue weighted by Crippen LogP contribution is 2.27. The third-order valence-corrected chi connectivity index (χ3v) is 8.08. The molecule has 12 heteroatoms. The fourth-order valence-electron chi connectivity index (χ4n) is 4.70. The number of carbonyl (C=O) groups is 2. The molecule has 0 bridgehead atoms. The standard InChI is InChI=1S/C29H37N9O2S/c1-5-8-20(9-6-2)18(3)37-41-22-11-7-10-21(16-22)27(40)38-14-12-29(13-15-38)17-32-28(36-29)35-26(39)23-25(31)34-24(30)19(4)33-23/h5-11,16,18,37H,1,12-15,17H2,2-4H3,(H4,30,31,34)(H2,32,35,36,39)/b9-6-,20-8+. The summed E-state index contributed by atoms with van der Waals surface area (Å²) in [6.07, 6.45) is 9.20. The number of amides is 2. The normalized spacial score (nSPS) is 17.3. The van der Waals surface area contributed by atoms with Gasteiger partial charge >= 0.3 is 0 Å². The van der Waals surface area contributed by atoms with Crippen LogP contribution in [0, 0.1) is 6.92 Å². The second-order valence-electron chi connectivity index (χ2n) is 10.1. The average molecular weight is 576 g/mol. The number of nitrogen functional groups attached to an aromatic ring is 2. The van der Waals surface area contributed by atoms with Crippen LogP contribution in [0.4, 0.5) is 11.6 Å². The molecule has 1 aromatic carbocycles. The van der Waals surface area contributed by atoms with Gasteiger partial charge in [0.2, 0.25) is 0 Å². The predicted octanol–water partition coefficient (Wildman–Crippen LogP) is 2.99.